The van der Waals surface area contributed by atoms with E-state index in [-0.39, 0.29) is 18.2 Å². The molecule has 0 saturated carbocycles. The third-order valence-electron chi connectivity index (χ3n) is 4.84. The van der Waals surface area contributed by atoms with Crippen molar-refractivity contribution in [2.75, 3.05) is 18.4 Å². The van der Waals surface area contributed by atoms with Crippen LogP contribution in [0.25, 0.3) is 0 Å². The number of hydrogen-bond acceptors (Lipinski definition) is 4. The fourth-order valence-corrected chi connectivity index (χ4v) is 3.10. The highest BCUT2D eigenvalue weighted by atomic mass is 16.2. The van der Waals surface area contributed by atoms with Gasteiger partial charge in [0.2, 0.25) is 11.8 Å². The molecule has 8 nitrogen and oxygen atoms in total. The van der Waals surface area contributed by atoms with Gasteiger partial charge in [0.15, 0.2) is 0 Å². The Morgan fingerprint density at radius 3 is 2.29 bits per heavy atom. The van der Waals surface area contributed by atoms with Crippen molar-refractivity contribution in [2.45, 2.75) is 19.9 Å². The Hall–Kier alpha value is -3.94. The summed E-state index contributed by atoms with van der Waals surface area (Å²) in [5.41, 5.74) is 7.77. The Bertz CT molecular complexity index is 1030. The summed E-state index contributed by atoms with van der Waals surface area (Å²) >= 11 is 0. The van der Waals surface area contributed by atoms with Crippen LogP contribution in [-0.2, 0) is 11.3 Å². The molecule has 3 rings (SSSR count). The van der Waals surface area contributed by atoms with Crippen molar-refractivity contribution in [3.05, 3.63) is 83.7 Å². The number of rotatable bonds is 9. The number of aromatic nitrogens is 2. The second-order valence-electron chi connectivity index (χ2n) is 7.03. The van der Waals surface area contributed by atoms with Crippen molar-refractivity contribution in [1.29, 1.82) is 0 Å². The van der Waals surface area contributed by atoms with Crippen molar-refractivity contribution < 1.29 is 14.4 Å². The van der Waals surface area contributed by atoms with Crippen LogP contribution in [0.3, 0.4) is 0 Å². The fraction of sp³-hybridized carbons (Fsp3) is 0.217. The lowest BCUT2D eigenvalue weighted by Crippen LogP contribution is -2.33. The molecule has 0 fully saturated rings. The third-order valence-corrected chi connectivity index (χ3v) is 4.84. The number of anilines is 1. The molecule has 3 amide bonds. The molecule has 8 heteroatoms. The summed E-state index contributed by atoms with van der Waals surface area (Å²) in [4.78, 5) is 37.8. The third kappa shape index (κ3) is 6.02. The van der Waals surface area contributed by atoms with Crippen LogP contribution >= 0.6 is 0 Å². The minimum atomic E-state index is -0.524. The molecule has 0 atom stereocenters. The van der Waals surface area contributed by atoms with Crippen molar-refractivity contribution in [2.24, 2.45) is 5.73 Å². The number of primary amides is 1. The van der Waals surface area contributed by atoms with Crippen LogP contribution in [0.4, 0.5) is 5.69 Å². The number of hydrogen-bond donors (Lipinski definition) is 2. The van der Waals surface area contributed by atoms with Crippen molar-refractivity contribution in [3.8, 4) is 0 Å². The minimum Gasteiger partial charge on any atom is -0.366 e. The van der Waals surface area contributed by atoms with E-state index >= 15 is 0 Å². The van der Waals surface area contributed by atoms with Crippen LogP contribution in [0.1, 0.15) is 39.6 Å². The summed E-state index contributed by atoms with van der Waals surface area (Å²) in [6.07, 6.45) is 3.77. The summed E-state index contributed by atoms with van der Waals surface area (Å²) in [6.45, 7) is 3.31. The first-order valence-corrected chi connectivity index (χ1v) is 10.0. The molecular weight excluding hydrogens is 394 g/mol. The topological polar surface area (TPSA) is 110 Å². The van der Waals surface area contributed by atoms with E-state index in [1.54, 1.807) is 47.5 Å². The highest BCUT2D eigenvalue weighted by Crippen LogP contribution is 2.12. The van der Waals surface area contributed by atoms with Crippen LogP contribution in [0.5, 0.6) is 0 Å². The van der Waals surface area contributed by atoms with Gasteiger partial charge in [-0.2, -0.15) is 5.10 Å². The van der Waals surface area contributed by atoms with E-state index in [2.05, 4.69) is 10.4 Å². The highest BCUT2D eigenvalue weighted by Gasteiger charge is 2.15. The van der Waals surface area contributed by atoms with E-state index in [4.69, 9.17) is 5.73 Å². The highest BCUT2D eigenvalue weighted by molar-refractivity contribution is 5.96. The quantitative estimate of drug-likeness (QED) is 0.555. The molecule has 0 spiro atoms. The van der Waals surface area contributed by atoms with Gasteiger partial charge in [0.25, 0.3) is 5.91 Å². The van der Waals surface area contributed by atoms with Crippen molar-refractivity contribution >= 4 is 23.4 Å². The smallest absolute Gasteiger partial charge is 0.253 e. The molecule has 0 aliphatic carbocycles. The molecule has 0 aliphatic rings. The van der Waals surface area contributed by atoms with Crippen molar-refractivity contribution in [3.63, 3.8) is 0 Å². The Morgan fingerprint density at radius 2 is 1.71 bits per heavy atom. The lowest BCUT2D eigenvalue weighted by molar-refractivity contribution is -0.116. The predicted molar refractivity (Wildman–Crippen MR) is 118 cm³/mol. The summed E-state index contributed by atoms with van der Waals surface area (Å²) in [5.74, 6) is -0.858. The van der Waals surface area contributed by atoms with Gasteiger partial charge in [0.05, 0.1) is 6.54 Å². The van der Waals surface area contributed by atoms with E-state index in [0.717, 1.165) is 5.56 Å². The number of carbonyl (C=O) groups is 3. The van der Waals surface area contributed by atoms with Gasteiger partial charge in [-0.05, 0) is 55.0 Å². The van der Waals surface area contributed by atoms with E-state index in [0.29, 0.717) is 36.4 Å². The summed E-state index contributed by atoms with van der Waals surface area (Å²) < 4.78 is 1.81. The standard InChI is InChI=1S/C23H25N5O3/c1-2-27(15-12-21(29)26-20-10-8-18(9-11-20)22(24)30)23(31)19-6-4-17(5-7-19)16-28-14-3-13-25-28/h3-11,13-14H,2,12,15-16H2,1H3,(H2,24,30)(H,26,29). The molecule has 2 aromatic carbocycles. The molecule has 31 heavy (non-hydrogen) atoms. The monoisotopic (exact) mass is 419 g/mol. The first kappa shape index (κ1) is 21.8. The SMILES string of the molecule is CCN(CCC(=O)Nc1ccc(C(N)=O)cc1)C(=O)c1ccc(Cn2cccn2)cc1. The first-order valence-electron chi connectivity index (χ1n) is 10.0. The van der Waals surface area contributed by atoms with Gasteiger partial charge in [-0.1, -0.05) is 12.1 Å². The lowest BCUT2D eigenvalue weighted by atomic mass is 10.1. The van der Waals surface area contributed by atoms with Gasteiger partial charge in [-0.15, -0.1) is 0 Å². The van der Waals surface area contributed by atoms with Crippen LogP contribution in [0.15, 0.2) is 67.0 Å². The number of benzene rings is 2. The van der Waals surface area contributed by atoms with Gasteiger partial charge >= 0.3 is 0 Å². The Morgan fingerprint density at radius 1 is 1.03 bits per heavy atom. The summed E-state index contributed by atoms with van der Waals surface area (Å²) in [5, 5.41) is 6.93. The van der Waals surface area contributed by atoms with E-state index in [1.165, 1.54) is 0 Å². The number of nitrogens with zero attached hydrogens (tertiary/aromatic N) is 3. The average Bonchev–Trinajstić information content (AvgIpc) is 3.28. The maximum absolute atomic E-state index is 12.8. The van der Waals surface area contributed by atoms with Gasteiger partial charge in [-0.3, -0.25) is 19.1 Å². The first-order chi connectivity index (χ1) is 15.0. The maximum Gasteiger partial charge on any atom is 0.253 e. The normalized spacial score (nSPS) is 10.5. The molecule has 1 aromatic heterocycles. The molecule has 0 saturated heterocycles. The molecule has 3 N–H and O–H groups in total. The molecule has 0 aliphatic heterocycles. The summed E-state index contributed by atoms with van der Waals surface area (Å²) in [6, 6.07) is 15.6. The molecule has 160 valence electrons. The molecule has 1 heterocycles. The Balaban J connectivity index is 1.53. The second kappa shape index (κ2) is 10.2. The van der Waals surface area contributed by atoms with Gasteiger partial charge in [-0.25, -0.2) is 0 Å². The molecule has 3 aromatic rings. The van der Waals surface area contributed by atoms with Gasteiger partial charge in [0.1, 0.15) is 0 Å². The van der Waals surface area contributed by atoms with Crippen molar-refractivity contribution in [1.82, 2.24) is 14.7 Å². The number of nitrogens with two attached hydrogens (primary N) is 1. The van der Waals surface area contributed by atoms with E-state index in [9.17, 15) is 14.4 Å². The van der Waals surface area contributed by atoms with Crippen LogP contribution in [0.2, 0.25) is 0 Å². The number of carbonyl (C=O) groups excluding carboxylic acids is 3. The number of nitrogens with one attached hydrogen (secondary N) is 1. The summed E-state index contributed by atoms with van der Waals surface area (Å²) in [7, 11) is 0. The van der Waals surface area contributed by atoms with E-state index in [1.807, 2.05) is 36.0 Å². The number of amides is 3. The van der Waals surface area contributed by atoms with Gasteiger partial charge < -0.3 is 16.0 Å². The minimum absolute atomic E-state index is 0.119. The Labute approximate surface area is 180 Å². The molecule has 0 radical (unpaired) electrons. The molecule has 0 bridgehead atoms. The van der Waals surface area contributed by atoms with Crippen LogP contribution < -0.4 is 11.1 Å². The van der Waals surface area contributed by atoms with E-state index < -0.39 is 5.91 Å². The maximum atomic E-state index is 12.8. The fourth-order valence-electron chi connectivity index (χ4n) is 3.10. The molecule has 0 unspecified atom stereocenters. The predicted octanol–water partition coefficient (Wildman–Crippen LogP) is 2.52. The molecular formula is C23H25N5O3. The largest absolute Gasteiger partial charge is 0.366 e. The zero-order chi connectivity index (χ0) is 22.2. The zero-order valence-electron chi connectivity index (χ0n) is 17.3. The Kier molecular flexibility index (Phi) is 7.16. The zero-order valence-corrected chi connectivity index (χ0v) is 17.3. The van der Waals surface area contributed by atoms with Crippen LogP contribution in [0, 0.1) is 0 Å². The average molecular weight is 419 g/mol. The van der Waals surface area contributed by atoms with Crippen LogP contribution in [-0.4, -0.2) is 45.5 Å². The second-order valence-corrected chi connectivity index (χ2v) is 7.03. The lowest BCUT2D eigenvalue weighted by Gasteiger charge is -2.21. The van der Waals surface area contributed by atoms with Gasteiger partial charge in [0, 0.05) is 48.7 Å².